The zero-order valence-electron chi connectivity index (χ0n) is 16.9. The molecule has 0 saturated carbocycles. The Morgan fingerprint density at radius 3 is 2.13 bits per heavy atom. The standard InChI is InChI=1S/C20H24N4O6S/c25-20-4-2-1-3-18(20)22-9-7-21(8-10-22)17-6-5-16(15-19(17)24(26)27)31(28,29)23-11-13-30-14-12-23/h1-6,15,25H,7-14H2. The van der Waals surface area contributed by atoms with Gasteiger partial charge < -0.3 is 19.6 Å². The van der Waals surface area contributed by atoms with Crippen LogP contribution < -0.4 is 9.80 Å². The highest BCUT2D eigenvalue weighted by Gasteiger charge is 2.31. The van der Waals surface area contributed by atoms with Gasteiger partial charge in [0.25, 0.3) is 5.69 Å². The SMILES string of the molecule is O=[N+]([O-])c1cc(S(=O)(=O)N2CCOCC2)ccc1N1CCN(c2ccccc2O)CC1. The first-order valence-electron chi connectivity index (χ1n) is 10.0. The van der Waals surface area contributed by atoms with E-state index in [2.05, 4.69) is 0 Å². The number of nitro benzene ring substituents is 1. The van der Waals surface area contributed by atoms with Crippen molar-refractivity contribution in [1.29, 1.82) is 0 Å². The van der Waals surface area contributed by atoms with Gasteiger partial charge in [-0.05, 0) is 24.3 Å². The van der Waals surface area contributed by atoms with Crippen LogP contribution in [0, 0.1) is 10.1 Å². The van der Waals surface area contributed by atoms with E-state index in [0.717, 1.165) is 11.8 Å². The minimum Gasteiger partial charge on any atom is -0.506 e. The van der Waals surface area contributed by atoms with Crippen LogP contribution in [0.15, 0.2) is 47.4 Å². The van der Waals surface area contributed by atoms with Crippen LogP contribution in [0.1, 0.15) is 0 Å². The Balaban J connectivity index is 1.55. The van der Waals surface area contributed by atoms with Crippen molar-refractivity contribution in [3.05, 3.63) is 52.6 Å². The average Bonchev–Trinajstić information content (AvgIpc) is 2.80. The minimum absolute atomic E-state index is 0.0855. The summed E-state index contributed by atoms with van der Waals surface area (Å²) in [4.78, 5) is 15.0. The van der Waals surface area contributed by atoms with Crippen molar-refractivity contribution >= 4 is 27.1 Å². The average molecular weight is 449 g/mol. The first-order valence-corrected chi connectivity index (χ1v) is 11.5. The van der Waals surface area contributed by atoms with Crippen molar-refractivity contribution in [2.45, 2.75) is 4.90 Å². The van der Waals surface area contributed by atoms with Gasteiger partial charge in [0.05, 0.1) is 28.7 Å². The second kappa shape index (κ2) is 8.69. The number of rotatable bonds is 5. The van der Waals surface area contributed by atoms with Gasteiger partial charge in [-0.25, -0.2) is 8.42 Å². The van der Waals surface area contributed by atoms with Crippen molar-refractivity contribution in [2.24, 2.45) is 0 Å². The van der Waals surface area contributed by atoms with Crippen molar-refractivity contribution in [2.75, 3.05) is 62.3 Å². The second-order valence-electron chi connectivity index (χ2n) is 7.39. The maximum Gasteiger partial charge on any atom is 0.293 e. The van der Waals surface area contributed by atoms with Gasteiger partial charge >= 0.3 is 0 Å². The molecule has 2 saturated heterocycles. The summed E-state index contributed by atoms with van der Waals surface area (Å²) in [5, 5.41) is 21.8. The topological polar surface area (TPSA) is 116 Å². The fraction of sp³-hybridized carbons (Fsp3) is 0.400. The summed E-state index contributed by atoms with van der Waals surface area (Å²) in [7, 11) is -3.82. The van der Waals surface area contributed by atoms with Gasteiger partial charge in [-0.2, -0.15) is 4.31 Å². The number of aromatic hydroxyl groups is 1. The third-order valence-corrected chi connectivity index (χ3v) is 7.49. The molecule has 2 heterocycles. The number of piperazine rings is 1. The Morgan fingerprint density at radius 1 is 0.903 bits per heavy atom. The molecule has 0 bridgehead atoms. The summed E-state index contributed by atoms with van der Waals surface area (Å²) in [6.45, 7) is 3.22. The minimum atomic E-state index is -3.82. The summed E-state index contributed by atoms with van der Waals surface area (Å²) in [6.07, 6.45) is 0. The molecule has 2 aromatic carbocycles. The molecule has 4 rings (SSSR count). The monoisotopic (exact) mass is 448 g/mol. The molecule has 0 radical (unpaired) electrons. The molecule has 0 spiro atoms. The number of phenolic OH excluding ortho intramolecular Hbond substituents is 1. The number of anilines is 2. The van der Waals surface area contributed by atoms with E-state index >= 15 is 0 Å². The molecular formula is C20H24N4O6S. The number of morpholine rings is 1. The molecule has 2 aliphatic rings. The maximum atomic E-state index is 12.9. The number of ether oxygens (including phenoxy) is 1. The predicted molar refractivity (Wildman–Crippen MR) is 115 cm³/mol. The van der Waals surface area contributed by atoms with Crippen LogP contribution in [-0.4, -0.2) is 75.2 Å². The van der Waals surface area contributed by atoms with Gasteiger partial charge in [-0.3, -0.25) is 10.1 Å². The van der Waals surface area contributed by atoms with Crippen molar-refractivity contribution in [3.63, 3.8) is 0 Å². The second-order valence-corrected chi connectivity index (χ2v) is 9.32. The van der Waals surface area contributed by atoms with Crippen LogP contribution in [0.4, 0.5) is 17.1 Å². The van der Waals surface area contributed by atoms with Crippen LogP contribution in [0.25, 0.3) is 0 Å². The fourth-order valence-corrected chi connectivity index (χ4v) is 5.36. The van der Waals surface area contributed by atoms with Crippen LogP contribution in [0.3, 0.4) is 0 Å². The molecule has 166 valence electrons. The summed E-state index contributed by atoms with van der Waals surface area (Å²) < 4.78 is 32.3. The molecule has 2 aliphatic heterocycles. The number of phenols is 1. The molecule has 0 amide bonds. The normalized spacial score (nSPS) is 18.2. The maximum absolute atomic E-state index is 12.9. The first kappa shape index (κ1) is 21.3. The highest BCUT2D eigenvalue weighted by atomic mass is 32.2. The van der Waals surface area contributed by atoms with Gasteiger partial charge in [-0.1, -0.05) is 12.1 Å². The quantitative estimate of drug-likeness (QED) is 0.542. The van der Waals surface area contributed by atoms with Crippen molar-refractivity contribution < 1.29 is 23.2 Å². The number of nitrogens with zero attached hydrogens (tertiary/aromatic N) is 4. The lowest BCUT2D eigenvalue weighted by Gasteiger charge is -2.37. The smallest absolute Gasteiger partial charge is 0.293 e. The van der Waals surface area contributed by atoms with Crippen molar-refractivity contribution in [1.82, 2.24) is 4.31 Å². The summed E-state index contributed by atoms with van der Waals surface area (Å²) >= 11 is 0. The number of sulfonamides is 1. The zero-order valence-corrected chi connectivity index (χ0v) is 17.7. The number of benzene rings is 2. The summed E-state index contributed by atoms with van der Waals surface area (Å²) in [5.41, 5.74) is 0.886. The zero-order chi connectivity index (χ0) is 22.0. The van der Waals surface area contributed by atoms with Gasteiger partial charge in [-0.15, -0.1) is 0 Å². The molecular weight excluding hydrogens is 424 g/mol. The lowest BCUT2D eigenvalue weighted by molar-refractivity contribution is -0.384. The Hall–Kier alpha value is -2.89. The molecule has 0 aromatic heterocycles. The lowest BCUT2D eigenvalue weighted by atomic mass is 10.2. The van der Waals surface area contributed by atoms with Crippen LogP contribution in [0.5, 0.6) is 5.75 Å². The molecule has 10 nitrogen and oxygen atoms in total. The summed E-state index contributed by atoms with van der Waals surface area (Å²) in [6, 6.07) is 11.2. The number of nitro groups is 1. The van der Waals surface area contributed by atoms with E-state index in [9.17, 15) is 23.6 Å². The van der Waals surface area contributed by atoms with E-state index in [1.807, 2.05) is 21.9 Å². The fourth-order valence-electron chi connectivity index (χ4n) is 3.93. The molecule has 0 atom stereocenters. The van der Waals surface area contributed by atoms with E-state index in [-0.39, 0.29) is 29.4 Å². The Bertz CT molecular complexity index is 1060. The Labute approximate surface area is 180 Å². The lowest BCUT2D eigenvalue weighted by Crippen LogP contribution is -2.46. The largest absolute Gasteiger partial charge is 0.506 e. The van der Waals surface area contributed by atoms with E-state index in [1.54, 1.807) is 12.1 Å². The highest BCUT2D eigenvalue weighted by molar-refractivity contribution is 7.89. The first-order chi connectivity index (χ1) is 14.9. The van der Waals surface area contributed by atoms with Crippen LogP contribution in [0.2, 0.25) is 0 Å². The summed E-state index contributed by atoms with van der Waals surface area (Å²) in [5.74, 6) is 0.194. The highest BCUT2D eigenvalue weighted by Crippen LogP contribution is 2.34. The van der Waals surface area contributed by atoms with Crippen LogP contribution >= 0.6 is 0 Å². The Morgan fingerprint density at radius 2 is 1.52 bits per heavy atom. The predicted octanol–water partition coefficient (Wildman–Crippen LogP) is 1.65. The third kappa shape index (κ3) is 4.29. The van der Waals surface area contributed by atoms with Gasteiger partial charge in [0, 0.05) is 45.3 Å². The van der Waals surface area contributed by atoms with Crippen LogP contribution in [-0.2, 0) is 14.8 Å². The van der Waals surface area contributed by atoms with Gasteiger partial charge in [0.1, 0.15) is 11.4 Å². The van der Waals surface area contributed by atoms with E-state index in [0.29, 0.717) is 45.1 Å². The Kier molecular flexibility index (Phi) is 5.99. The van der Waals surface area contributed by atoms with E-state index in [4.69, 9.17) is 4.74 Å². The number of para-hydroxylation sites is 2. The molecule has 2 aromatic rings. The molecule has 2 fully saturated rings. The molecule has 1 N–H and O–H groups in total. The molecule has 0 unspecified atom stereocenters. The van der Waals surface area contributed by atoms with Crippen molar-refractivity contribution in [3.8, 4) is 5.75 Å². The molecule has 31 heavy (non-hydrogen) atoms. The third-order valence-electron chi connectivity index (χ3n) is 5.59. The molecule has 0 aliphatic carbocycles. The van der Waals surface area contributed by atoms with E-state index < -0.39 is 14.9 Å². The number of hydrogen-bond acceptors (Lipinski definition) is 8. The number of hydrogen-bond donors (Lipinski definition) is 1. The van der Waals surface area contributed by atoms with Gasteiger partial charge in [0.15, 0.2) is 0 Å². The van der Waals surface area contributed by atoms with E-state index in [1.165, 1.54) is 16.4 Å². The van der Waals surface area contributed by atoms with Gasteiger partial charge in [0.2, 0.25) is 10.0 Å². The molecule has 11 heteroatoms.